The number of hydrogen-bond donors (Lipinski definition) is 2. The number of aryl methyl sites for hydroxylation is 1. The van der Waals surface area contributed by atoms with E-state index in [1.54, 1.807) is 24.3 Å². The van der Waals surface area contributed by atoms with E-state index in [0.29, 0.717) is 11.3 Å². The van der Waals surface area contributed by atoms with Crippen LogP contribution < -0.4 is 10.6 Å². The van der Waals surface area contributed by atoms with Crippen LogP contribution in [-0.2, 0) is 0 Å². The molecule has 4 rings (SSSR count). The van der Waals surface area contributed by atoms with Crippen LogP contribution >= 0.6 is 11.3 Å². The van der Waals surface area contributed by atoms with E-state index in [4.69, 9.17) is 0 Å². The summed E-state index contributed by atoms with van der Waals surface area (Å²) in [5.41, 5.74) is 4.22. The number of amides is 1. The largest absolute Gasteiger partial charge is 0.374 e. The van der Waals surface area contributed by atoms with Gasteiger partial charge < -0.3 is 10.6 Å². The van der Waals surface area contributed by atoms with Crippen molar-refractivity contribution in [3.05, 3.63) is 122 Å². The van der Waals surface area contributed by atoms with E-state index in [-0.39, 0.29) is 17.6 Å². The van der Waals surface area contributed by atoms with Crippen LogP contribution in [0.2, 0.25) is 0 Å². The summed E-state index contributed by atoms with van der Waals surface area (Å²) in [5.74, 6) is -0.180. The van der Waals surface area contributed by atoms with Crippen molar-refractivity contribution in [3.8, 4) is 0 Å². The molecule has 0 saturated heterocycles. The molecule has 0 bridgehead atoms. The topological polar surface area (TPSA) is 84.3 Å². The minimum atomic E-state index is -0.409. The predicted molar refractivity (Wildman–Crippen MR) is 133 cm³/mol. The molecule has 4 aromatic rings. The quantitative estimate of drug-likeness (QED) is 0.238. The van der Waals surface area contributed by atoms with Gasteiger partial charge in [-0.05, 0) is 43.2 Å². The molecule has 6 nitrogen and oxygen atoms in total. The third kappa shape index (κ3) is 4.94. The summed E-state index contributed by atoms with van der Waals surface area (Å²) in [6.07, 6.45) is 0. The Balaban J connectivity index is 1.77. The first-order valence-electron chi connectivity index (χ1n) is 10.5. The Kier molecular flexibility index (Phi) is 6.51. The molecule has 0 saturated carbocycles. The Labute approximate surface area is 196 Å². The van der Waals surface area contributed by atoms with Crippen LogP contribution in [0.15, 0.2) is 84.9 Å². The van der Waals surface area contributed by atoms with Gasteiger partial charge in [0, 0.05) is 33.8 Å². The fourth-order valence-electron chi connectivity index (χ4n) is 3.69. The highest BCUT2D eigenvalue weighted by Crippen LogP contribution is 2.41. The number of thiophene rings is 1. The minimum absolute atomic E-state index is 0.0163. The van der Waals surface area contributed by atoms with Gasteiger partial charge in [-0.2, -0.15) is 0 Å². The first-order valence-corrected chi connectivity index (χ1v) is 11.3. The Morgan fingerprint density at radius 3 is 2.27 bits per heavy atom. The maximum absolute atomic E-state index is 12.9. The number of nitrogens with one attached hydrogen (secondary N) is 2. The van der Waals surface area contributed by atoms with Gasteiger partial charge in [-0.3, -0.25) is 14.9 Å². The highest BCUT2D eigenvalue weighted by Gasteiger charge is 2.25. The zero-order chi connectivity index (χ0) is 23.4. The van der Waals surface area contributed by atoms with Gasteiger partial charge in [0.05, 0.1) is 11.0 Å². The fraction of sp³-hybridized carbons (Fsp3) is 0.115. The minimum Gasteiger partial charge on any atom is -0.374 e. The Hall–Kier alpha value is -3.97. The van der Waals surface area contributed by atoms with E-state index in [1.807, 2.05) is 62.4 Å². The summed E-state index contributed by atoms with van der Waals surface area (Å²) in [6, 6.07) is 25.1. The van der Waals surface area contributed by atoms with Crippen molar-refractivity contribution in [2.45, 2.75) is 19.9 Å². The number of carbonyl (C=O) groups is 1. The molecule has 0 radical (unpaired) electrons. The molecule has 0 aliphatic carbocycles. The third-order valence-electron chi connectivity index (χ3n) is 5.48. The molecular formula is C26H23N3O3S. The molecule has 3 aromatic carbocycles. The van der Waals surface area contributed by atoms with Crippen LogP contribution in [0.5, 0.6) is 0 Å². The summed E-state index contributed by atoms with van der Waals surface area (Å²) in [6.45, 7) is 4.06. The van der Waals surface area contributed by atoms with Crippen molar-refractivity contribution in [1.29, 1.82) is 0 Å². The van der Waals surface area contributed by atoms with Gasteiger partial charge >= 0.3 is 0 Å². The first-order chi connectivity index (χ1) is 15.9. The zero-order valence-electron chi connectivity index (χ0n) is 18.2. The SMILES string of the molecule is Cc1sc(NC(=O)c2ccccc2)c(C(Nc2cccc([N+](=O)[O-])c2)c2ccccc2)c1C. The van der Waals surface area contributed by atoms with Crippen molar-refractivity contribution < 1.29 is 9.72 Å². The summed E-state index contributed by atoms with van der Waals surface area (Å²) >= 11 is 1.53. The van der Waals surface area contributed by atoms with Crippen molar-refractivity contribution in [2.24, 2.45) is 0 Å². The lowest BCUT2D eigenvalue weighted by molar-refractivity contribution is -0.384. The van der Waals surface area contributed by atoms with E-state index >= 15 is 0 Å². The number of nitro benzene ring substituents is 1. The summed E-state index contributed by atoms with van der Waals surface area (Å²) in [5, 5.41) is 18.6. The average molecular weight is 458 g/mol. The maximum atomic E-state index is 12.9. The molecule has 1 amide bonds. The number of hydrogen-bond acceptors (Lipinski definition) is 5. The van der Waals surface area contributed by atoms with Gasteiger partial charge in [-0.25, -0.2) is 0 Å². The predicted octanol–water partition coefficient (Wildman–Crippen LogP) is 6.73. The van der Waals surface area contributed by atoms with Crippen molar-refractivity contribution in [2.75, 3.05) is 10.6 Å². The normalized spacial score (nSPS) is 11.6. The lowest BCUT2D eigenvalue weighted by atomic mass is 9.96. The molecule has 1 unspecified atom stereocenters. The van der Waals surface area contributed by atoms with E-state index in [9.17, 15) is 14.9 Å². The molecule has 1 aromatic heterocycles. The second-order valence-electron chi connectivity index (χ2n) is 7.64. The molecule has 1 atom stereocenters. The molecule has 1 heterocycles. The van der Waals surface area contributed by atoms with E-state index in [0.717, 1.165) is 26.6 Å². The Bertz CT molecular complexity index is 1290. The summed E-state index contributed by atoms with van der Waals surface area (Å²) in [4.78, 5) is 24.9. The van der Waals surface area contributed by atoms with Crippen LogP contribution in [0.25, 0.3) is 0 Å². The molecule has 0 aliphatic heterocycles. The van der Waals surface area contributed by atoms with E-state index in [1.165, 1.54) is 23.5 Å². The van der Waals surface area contributed by atoms with Gasteiger partial charge in [0.15, 0.2) is 0 Å². The van der Waals surface area contributed by atoms with Crippen LogP contribution in [-0.4, -0.2) is 10.8 Å². The zero-order valence-corrected chi connectivity index (χ0v) is 19.1. The van der Waals surface area contributed by atoms with Crippen molar-refractivity contribution in [3.63, 3.8) is 0 Å². The number of nitro groups is 1. The van der Waals surface area contributed by atoms with Gasteiger partial charge in [0.25, 0.3) is 11.6 Å². The van der Waals surface area contributed by atoms with Crippen molar-refractivity contribution in [1.82, 2.24) is 0 Å². The molecule has 7 heteroatoms. The molecular weight excluding hydrogens is 434 g/mol. The van der Waals surface area contributed by atoms with Gasteiger partial charge in [0.2, 0.25) is 0 Å². The van der Waals surface area contributed by atoms with Crippen LogP contribution in [0.1, 0.15) is 38.0 Å². The second kappa shape index (κ2) is 9.67. The number of rotatable bonds is 7. The number of nitrogens with zero attached hydrogens (tertiary/aromatic N) is 1. The molecule has 0 spiro atoms. The van der Waals surface area contributed by atoms with Crippen LogP contribution in [0.3, 0.4) is 0 Å². The summed E-state index contributed by atoms with van der Waals surface area (Å²) in [7, 11) is 0. The van der Waals surface area contributed by atoms with Crippen molar-refractivity contribution >= 4 is 33.6 Å². The van der Waals surface area contributed by atoms with Crippen LogP contribution in [0, 0.1) is 24.0 Å². The lowest BCUT2D eigenvalue weighted by Gasteiger charge is -2.23. The number of non-ortho nitro benzene ring substituents is 1. The number of anilines is 2. The summed E-state index contributed by atoms with van der Waals surface area (Å²) < 4.78 is 0. The second-order valence-corrected chi connectivity index (χ2v) is 8.87. The highest BCUT2D eigenvalue weighted by atomic mass is 32.1. The molecule has 2 N–H and O–H groups in total. The monoisotopic (exact) mass is 457 g/mol. The lowest BCUT2D eigenvalue weighted by Crippen LogP contribution is -2.17. The van der Waals surface area contributed by atoms with Gasteiger partial charge in [-0.15, -0.1) is 11.3 Å². The van der Waals surface area contributed by atoms with E-state index < -0.39 is 4.92 Å². The Morgan fingerprint density at radius 1 is 0.939 bits per heavy atom. The Morgan fingerprint density at radius 2 is 1.61 bits per heavy atom. The standard InChI is InChI=1S/C26H23N3O3S/c1-17-18(2)33-26(28-25(30)20-12-7-4-8-13-20)23(17)24(19-10-5-3-6-11-19)27-21-14-9-15-22(16-21)29(31)32/h3-16,24,27H,1-2H3,(H,28,30). The van der Waals surface area contributed by atoms with Gasteiger partial charge in [0.1, 0.15) is 5.00 Å². The fourth-order valence-corrected chi connectivity index (χ4v) is 4.79. The van der Waals surface area contributed by atoms with E-state index in [2.05, 4.69) is 10.6 Å². The molecule has 0 aliphatic rings. The average Bonchev–Trinajstić information content (AvgIpc) is 3.11. The molecule has 33 heavy (non-hydrogen) atoms. The molecule has 166 valence electrons. The highest BCUT2D eigenvalue weighted by molar-refractivity contribution is 7.16. The number of carbonyl (C=O) groups excluding carboxylic acids is 1. The number of benzene rings is 3. The molecule has 0 fully saturated rings. The third-order valence-corrected chi connectivity index (χ3v) is 6.62. The maximum Gasteiger partial charge on any atom is 0.271 e. The van der Waals surface area contributed by atoms with Crippen LogP contribution in [0.4, 0.5) is 16.4 Å². The smallest absolute Gasteiger partial charge is 0.271 e. The first kappa shape index (κ1) is 22.2. The van der Waals surface area contributed by atoms with Gasteiger partial charge in [-0.1, -0.05) is 54.6 Å².